The molecular formula is C16H23NO2S. The number of rotatable bonds is 4. The topological polar surface area (TPSA) is 50.2 Å². The van der Waals surface area contributed by atoms with E-state index in [2.05, 4.69) is 0 Å². The third-order valence-electron chi connectivity index (χ3n) is 4.82. The molecule has 1 aromatic rings. The van der Waals surface area contributed by atoms with Crippen LogP contribution in [-0.2, 0) is 24.1 Å². The van der Waals surface area contributed by atoms with Crippen molar-refractivity contribution >= 4 is 17.3 Å². The molecule has 0 bridgehead atoms. The molecule has 1 fully saturated rings. The second kappa shape index (κ2) is 6.25. The Labute approximate surface area is 124 Å². The van der Waals surface area contributed by atoms with Crippen LogP contribution in [0.25, 0.3) is 0 Å². The van der Waals surface area contributed by atoms with Crippen molar-refractivity contribution in [3.63, 3.8) is 0 Å². The molecule has 1 atom stereocenters. The summed E-state index contributed by atoms with van der Waals surface area (Å²) in [5, 5.41) is 10.4. The molecule has 110 valence electrons. The Morgan fingerprint density at radius 3 is 2.80 bits per heavy atom. The molecule has 2 aliphatic carbocycles. The molecule has 0 spiro atoms. The highest BCUT2D eigenvalue weighted by atomic mass is 32.1. The van der Waals surface area contributed by atoms with Crippen LogP contribution in [0.2, 0.25) is 0 Å². The summed E-state index contributed by atoms with van der Waals surface area (Å²) in [5.41, 5.74) is 1.19. The Balaban J connectivity index is 1.57. The molecule has 1 aromatic heterocycles. The van der Waals surface area contributed by atoms with E-state index in [4.69, 9.17) is 10.1 Å². The lowest BCUT2D eigenvalue weighted by Crippen LogP contribution is -2.21. The average Bonchev–Trinajstić information content (AvgIpc) is 2.88. The summed E-state index contributed by atoms with van der Waals surface area (Å²) < 4.78 is 0. The van der Waals surface area contributed by atoms with Gasteiger partial charge in [0.1, 0.15) is 0 Å². The van der Waals surface area contributed by atoms with E-state index in [1.165, 1.54) is 54.1 Å². The van der Waals surface area contributed by atoms with E-state index in [-0.39, 0.29) is 5.92 Å². The Kier molecular flexibility index (Phi) is 4.39. The zero-order valence-corrected chi connectivity index (χ0v) is 12.8. The van der Waals surface area contributed by atoms with Crippen molar-refractivity contribution in [1.29, 1.82) is 0 Å². The smallest absolute Gasteiger partial charge is 0.306 e. The van der Waals surface area contributed by atoms with E-state index < -0.39 is 5.97 Å². The first-order chi connectivity index (χ1) is 9.72. The van der Waals surface area contributed by atoms with Crippen LogP contribution in [-0.4, -0.2) is 16.1 Å². The first-order valence-electron chi connectivity index (χ1n) is 7.92. The first-order valence-corrected chi connectivity index (χ1v) is 8.74. The van der Waals surface area contributed by atoms with Gasteiger partial charge in [0.25, 0.3) is 0 Å². The van der Waals surface area contributed by atoms with Crippen molar-refractivity contribution in [1.82, 2.24) is 4.98 Å². The Bertz CT molecular complexity index is 477. The number of aliphatic carboxylic acids is 1. The summed E-state index contributed by atoms with van der Waals surface area (Å²) in [7, 11) is 0. The molecule has 1 saturated carbocycles. The number of aryl methyl sites for hydroxylation is 2. The average molecular weight is 293 g/mol. The molecule has 0 amide bonds. The van der Waals surface area contributed by atoms with Crippen molar-refractivity contribution in [2.75, 3.05) is 0 Å². The molecular weight excluding hydrogens is 270 g/mol. The van der Waals surface area contributed by atoms with E-state index in [9.17, 15) is 4.79 Å². The third-order valence-corrected chi connectivity index (χ3v) is 6.00. The molecule has 1 heterocycles. The van der Waals surface area contributed by atoms with Crippen LogP contribution in [0.1, 0.15) is 60.5 Å². The fourth-order valence-electron chi connectivity index (χ4n) is 3.55. The van der Waals surface area contributed by atoms with Crippen LogP contribution in [0.3, 0.4) is 0 Å². The van der Waals surface area contributed by atoms with Gasteiger partial charge in [0.15, 0.2) is 0 Å². The maximum Gasteiger partial charge on any atom is 0.306 e. The zero-order valence-electron chi connectivity index (χ0n) is 11.9. The van der Waals surface area contributed by atoms with Crippen molar-refractivity contribution in [3.05, 3.63) is 15.6 Å². The normalized spacial score (nSPS) is 23.5. The number of carboxylic acid groups (broad SMARTS) is 1. The van der Waals surface area contributed by atoms with Crippen molar-refractivity contribution < 1.29 is 9.90 Å². The van der Waals surface area contributed by atoms with Gasteiger partial charge in [-0.1, -0.05) is 32.1 Å². The Morgan fingerprint density at radius 1 is 1.25 bits per heavy atom. The Hall–Kier alpha value is -0.900. The summed E-state index contributed by atoms with van der Waals surface area (Å²) in [6, 6.07) is 0. The van der Waals surface area contributed by atoms with Crippen LogP contribution in [0.5, 0.6) is 0 Å². The van der Waals surface area contributed by atoms with Gasteiger partial charge in [-0.3, -0.25) is 4.79 Å². The largest absolute Gasteiger partial charge is 0.481 e. The van der Waals surface area contributed by atoms with Gasteiger partial charge in [0.2, 0.25) is 0 Å². The molecule has 2 aliphatic rings. The molecule has 0 aromatic carbocycles. The molecule has 20 heavy (non-hydrogen) atoms. The van der Waals surface area contributed by atoms with E-state index in [1.807, 2.05) is 0 Å². The minimum atomic E-state index is -0.646. The highest BCUT2D eigenvalue weighted by Gasteiger charge is 2.27. The number of nitrogens with zero attached hydrogens (tertiary/aromatic N) is 1. The van der Waals surface area contributed by atoms with Crippen molar-refractivity contribution in [2.45, 2.75) is 64.2 Å². The lowest BCUT2D eigenvalue weighted by atomic mass is 9.86. The van der Waals surface area contributed by atoms with E-state index in [0.29, 0.717) is 6.42 Å². The lowest BCUT2D eigenvalue weighted by molar-refractivity contribution is -0.142. The number of fused-ring (bicyclic) bond motifs is 1. The first kappa shape index (κ1) is 14.1. The molecule has 0 aliphatic heterocycles. The molecule has 0 saturated heterocycles. The minimum absolute atomic E-state index is 0.186. The van der Waals surface area contributed by atoms with Crippen LogP contribution in [0.4, 0.5) is 0 Å². The molecule has 1 N–H and O–H groups in total. The second-order valence-corrected chi connectivity index (χ2v) is 7.47. The van der Waals surface area contributed by atoms with E-state index in [0.717, 1.165) is 25.2 Å². The summed E-state index contributed by atoms with van der Waals surface area (Å²) >= 11 is 1.77. The standard InChI is InChI=1S/C16H23NO2S/c18-16(19)12-7-8-13-14(10-12)20-15(17-13)9-6-11-4-2-1-3-5-11/h11-12H,1-10H2,(H,18,19). The summed E-state index contributed by atoms with van der Waals surface area (Å²) in [6.45, 7) is 0. The van der Waals surface area contributed by atoms with Gasteiger partial charge in [-0.2, -0.15) is 0 Å². The summed E-state index contributed by atoms with van der Waals surface area (Å²) in [4.78, 5) is 17.1. The molecule has 3 rings (SSSR count). The van der Waals surface area contributed by atoms with Gasteiger partial charge in [0, 0.05) is 4.88 Å². The van der Waals surface area contributed by atoms with Gasteiger partial charge < -0.3 is 5.11 Å². The predicted molar refractivity (Wildman–Crippen MR) is 80.2 cm³/mol. The van der Waals surface area contributed by atoms with Crippen LogP contribution in [0, 0.1) is 11.8 Å². The fraction of sp³-hybridized carbons (Fsp3) is 0.750. The zero-order chi connectivity index (χ0) is 13.9. The van der Waals surface area contributed by atoms with Gasteiger partial charge in [-0.05, 0) is 38.0 Å². The quantitative estimate of drug-likeness (QED) is 0.917. The van der Waals surface area contributed by atoms with Crippen molar-refractivity contribution in [2.24, 2.45) is 11.8 Å². The second-order valence-electron chi connectivity index (χ2n) is 6.30. The number of carbonyl (C=O) groups is 1. The summed E-state index contributed by atoms with van der Waals surface area (Å²) in [6.07, 6.45) is 11.7. The number of thiazole rings is 1. The van der Waals surface area contributed by atoms with Crippen LogP contribution < -0.4 is 0 Å². The van der Waals surface area contributed by atoms with Gasteiger partial charge in [-0.25, -0.2) is 4.98 Å². The molecule has 3 nitrogen and oxygen atoms in total. The SMILES string of the molecule is O=C(O)C1CCc2nc(CCC3CCCCC3)sc2C1. The van der Waals surface area contributed by atoms with Crippen molar-refractivity contribution in [3.8, 4) is 0 Å². The summed E-state index contributed by atoms with van der Waals surface area (Å²) in [5.74, 6) is 0.0680. The van der Waals surface area contributed by atoms with Gasteiger partial charge in [0.05, 0.1) is 16.6 Å². The van der Waals surface area contributed by atoms with Gasteiger partial charge in [-0.15, -0.1) is 11.3 Å². The number of aromatic nitrogens is 1. The minimum Gasteiger partial charge on any atom is -0.481 e. The molecule has 1 unspecified atom stereocenters. The predicted octanol–water partition coefficient (Wildman–Crippen LogP) is 3.85. The molecule has 0 radical (unpaired) electrons. The monoisotopic (exact) mass is 293 g/mol. The number of hydrogen-bond acceptors (Lipinski definition) is 3. The molecule has 4 heteroatoms. The maximum absolute atomic E-state index is 11.1. The third kappa shape index (κ3) is 3.22. The lowest BCUT2D eigenvalue weighted by Gasteiger charge is -2.20. The van der Waals surface area contributed by atoms with E-state index in [1.54, 1.807) is 11.3 Å². The Morgan fingerprint density at radius 2 is 2.05 bits per heavy atom. The van der Waals surface area contributed by atoms with Crippen LogP contribution >= 0.6 is 11.3 Å². The maximum atomic E-state index is 11.1. The number of hydrogen-bond donors (Lipinski definition) is 1. The highest BCUT2D eigenvalue weighted by molar-refractivity contribution is 7.11. The fourth-order valence-corrected chi connectivity index (χ4v) is 4.76. The highest BCUT2D eigenvalue weighted by Crippen LogP contribution is 2.32. The van der Waals surface area contributed by atoms with E-state index >= 15 is 0 Å². The van der Waals surface area contributed by atoms with Gasteiger partial charge >= 0.3 is 5.97 Å². The van der Waals surface area contributed by atoms with Crippen LogP contribution in [0.15, 0.2) is 0 Å². The number of carboxylic acids is 1.